The monoisotopic (exact) mass is 331 g/mol. The van der Waals surface area contributed by atoms with Gasteiger partial charge in [0.25, 0.3) is 0 Å². The molecule has 0 aliphatic heterocycles. The quantitative estimate of drug-likeness (QED) is 0.818. The number of hydrogen-bond donors (Lipinski definition) is 1. The van der Waals surface area contributed by atoms with Gasteiger partial charge in [0.2, 0.25) is 0 Å². The zero-order valence-corrected chi connectivity index (χ0v) is 9.43. The third-order valence-electron chi connectivity index (χ3n) is 1.13. The second kappa shape index (κ2) is 4.47. The first-order valence-corrected chi connectivity index (χ1v) is 2.74. The number of rotatable bonds is 1. The minimum atomic E-state index is 0. The molecule has 0 bridgehead atoms. The predicted octanol–water partition coefficient (Wildman–Crippen LogP) is 1.12. The van der Waals surface area contributed by atoms with Gasteiger partial charge in [0.05, 0.1) is 0 Å². The Bertz CT molecular complexity index is 203. The van der Waals surface area contributed by atoms with Crippen LogP contribution in [0.5, 0.6) is 5.75 Å². The van der Waals surface area contributed by atoms with Crippen LogP contribution in [0.3, 0.4) is 0 Å². The van der Waals surface area contributed by atoms with E-state index in [9.17, 15) is 0 Å². The third kappa shape index (κ3) is 2.50. The fourth-order valence-electron chi connectivity index (χ4n) is 0.610. The Kier molecular flexibility index (Phi) is 4.31. The second-order valence-corrected chi connectivity index (χ2v) is 1.80. The van der Waals surface area contributed by atoms with Crippen LogP contribution >= 0.6 is 0 Å². The van der Waals surface area contributed by atoms with Crippen molar-refractivity contribution in [2.24, 2.45) is 0 Å². The van der Waals surface area contributed by atoms with Gasteiger partial charge in [-0.25, -0.2) is 0 Å². The van der Waals surface area contributed by atoms with Crippen molar-refractivity contribution in [3.05, 3.63) is 36.4 Å². The zero-order valence-electron chi connectivity index (χ0n) is 5.54. The van der Waals surface area contributed by atoms with E-state index in [0.717, 1.165) is 5.56 Å². The molecule has 2 heteroatoms. The fourth-order valence-corrected chi connectivity index (χ4v) is 0.610. The molecule has 0 saturated heterocycles. The summed E-state index contributed by atoms with van der Waals surface area (Å²) in [5.74, 6) is 0.292. The molecule has 0 aromatic heterocycles. The molecule has 1 nitrogen and oxygen atoms in total. The molecule has 0 aliphatic rings. The number of aromatic hydroxyl groups is 1. The van der Waals surface area contributed by atoms with Crippen LogP contribution in [0.25, 0.3) is 6.08 Å². The summed E-state index contributed by atoms with van der Waals surface area (Å²) in [7, 11) is 0. The summed E-state index contributed by atoms with van der Waals surface area (Å²) in [4.78, 5) is 0. The zero-order chi connectivity index (χ0) is 6.69. The van der Waals surface area contributed by atoms with E-state index in [4.69, 9.17) is 5.11 Å². The summed E-state index contributed by atoms with van der Waals surface area (Å²) in [6, 6.07) is 6.89. The van der Waals surface area contributed by atoms with Gasteiger partial charge in [-0.05, 0) is 17.7 Å². The van der Waals surface area contributed by atoms with Crippen molar-refractivity contribution in [3.63, 3.8) is 0 Å². The van der Waals surface area contributed by atoms with Gasteiger partial charge in [-0.15, -0.1) is 0 Å². The van der Waals surface area contributed by atoms with Crippen LogP contribution in [0.2, 0.25) is 0 Å². The maximum atomic E-state index is 8.82. The van der Waals surface area contributed by atoms with Crippen LogP contribution < -0.4 is 0 Å². The molecule has 0 amide bonds. The van der Waals surface area contributed by atoms with Gasteiger partial charge in [-0.2, -0.15) is 0 Å². The first-order valence-electron chi connectivity index (χ1n) is 2.74. The fraction of sp³-hybridized carbons (Fsp3) is 0. The van der Waals surface area contributed by atoms with Crippen LogP contribution in [0.4, 0.5) is 0 Å². The molecule has 1 aromatic rings. The summed E-state index contributed by atoms with van der Waals surface area (Å²) < 4.78 is 0. The summed E-state index contributed by atoms with van der Waals surface area (Å²) in [6.45, 7) is 3.58. The average molecular weight is 331 g/mol. The molecule has 0 atom stereocenters. The van der Waals surface area contributed by atoms with Gasteiger partial charge < -0.3 is 5.11 Å². The van der Waals surface area contributed by atoms with Crippen LogP contribution in [-0.4, -0.2) is 31.7 Å². The standard InChI is InChI=1S/C8H8O.Po.2H/c1-2-7-3-5-8(9)6-4-7;;;/h2-6,9H,1H2;;;. The van der Waals surface area contributed by atoms with Crippen molar-refractivity contribution in [1.29, 1.82) is 0 Å². The van der Waals surface area contributed by atoms with E-state index in [1.807, 2.05) is 12.1 Å². The number of hydrogen-bond acceptors (Lipinski definition) is 1. The molecule has 0 spiro atoms. The Labute approximate surface area is 79.9 Å². The van der Waals surface area contributed by atoms with Crippen LogP contribution in [-0.2, 0) is 0 Å². The first kappa shape index (κ1) is 9.66. The average Bonchev–Trinajstić information content (AvgIpc) is 1.90. The van der Waals surface area contributed by atoms with Gasteiger partial charge in [0, 0.05) is 0 Å². The van der Waals surface area contributed by atoms with Crippen molar-refractivity contribution in [1.82, 2.24) is 0 Å². The van der Waals surface area contributed by atoms with Crippen molar-refractivity contribution < 1.29 is 5.11 Å². The summed E-state index contributed by atoms with van der Waals surface area (Å²) in [5, 5.41) is 8.82. The summed E-state index contributed by atoms with van der Waals surface area (Å²) >= 11 is 0. The van der Waals surface area contributed by atoms with Gasteiger partial charge in [0.1, 0.15) is 5.75 Å². The molecule has 1 N–H and O–H groups in total. The summed E-state index contributed by atoms with van der Waals surface area (Å²) in [6.07, 6.45) is 1.74. The second-order valence-electron chi connectivity index (χ2n) is 1.80. The van der Waals surface area contributed by atoms with Crippen LogP contribution in [0, 0.1) is 0 Å². The number of phenols is 1. The van der Waals surface area contributed by atoms with E-state index in [2.05, 4.69) is 6.58 Å². The molecule has 0 saturated carbocycles. The molecule has 0 aliphatic carbocycles. The van der Waals surface area contributed by atoms with Crippen molar-refractivity contribution >= 4 is 32.6 Å². The van der Waals surface area contributed by atoms with Crippen molar-refractivity contribution in [3.8, 4) is 5.75 Å². The molecule has 0 fully saturated rings. The van der Waals surface area contributed by atoms with Crippen LogP contribution in [0.1, 0.15) is 5.56 Å². The Morgan fingerprint density at radius 1 is 1.20 bits per heavy atom. The molecule has 1 aromatic carbocycles. The van der Waals surface area contributed by atoms with Crippen molar-refractivity contribution in [2.75, 3.05) is 0 Å². The Morgan fingerprint density at radius 2 is 1.70 bits per heavy atom. The topological polar surface area (TPSA) is 20.2 Å². The Balaban J connectivity index is 0.000000810. The maximum absolute atomic E-state index is 8.82. The van der Waals surface area contributed by atoms with Crippen molar-refractivity contribution in [2.45, 2.75) is 0 Å². The van der Waals surface area contributed by atoms with E-state index in [1.54, 1.807) is 18.2 Å². The van der Waals surface area contributed by atoms with E-state index >= 15 is 0 Å². The van der Waals surface area contributed by atoms with Gasteiger partial charge >= 0.3 is 26.6 Å². The van der Waals surface area contributed by atoms with Gasteiger partial charge in [0.15, 0.2) is 0 Å². The van der Waals surface area contributed by atoms with Gasteiger partial charge in [-0.3, -0.25) is 0 Å². The molecule has 54 valence electrons. The SMILES string of the molecule is C=Cc1ccc(O)cc1.[PoH2]. The van der Waals surface area contributed by atoms with Crippen LogP contribution in [0.15, 0.2) is 30.8 Å². The Morgan fingerprint density at radius 3 is 2.10 bits per heavy atom. The predicted molar refractivity (Wildman–Crippen MR) is 46.7 cm³/mol. The van der Waals surface area contributed by atoms with Gasteiger partial charge in [-0.1, -0.05) is 24.8 Å². The molecular formula is C8H10OPo. The van der Waals surface area contributed by atoms with E-state index in [1.165, 1.54) is 0 Å². The summed E-state index contributed by atoms with van der Waals surface area (Å²) in [5.41, 5.74) is 1.02. The number of benzene rings is 1. The minimum absolute atomic E-state index is 0. The molecule has 0 radical (unpaired) electrons. The van der Waals surface area contributed by atoms with E-state index < -0.39 is 0 Å². The molecular weight excluding hydrogens is 321 g/mol. The number of phenolic OH excluding ortho intramolecular Hbond substituents is 1. The molecule has 1 rings (SSSR count). The van der Waals surface area contributed by atoms with E-state index in [0.29, 0.717) is 5.75 Å². The van der Waals surface area contributed by atoms with E-state index in [-0.39, 0.29) is 26.6 Å². The molecule has 0 heterocycles. The third-order valence-corrected chi connectivity index (χ3v) is 1.13. The molecule has 0 unspecified atom stereocenters. The normalized spacial score (nSPS) is 8.00. The molecule has 10 heavy (non-hydrogen) atoms. The first-order chi connectivity index (χ1) is 4.33. The Hall–Kier alpha value is -0.344.